The number of carboxylic acid groups (broad SMARTS) is 2. The molecule has 0 aliphatic heterocycles. The van der Waals surface area contributed by atoms with Crippen molar-refractivity contribution in [1.82, 2.24) is 16.0 Å². The number of hydrogen-bond donors (Lipinski definition) is 10. The number of nitrogens with two attached hydrogens (primary N) is 4. The molecule has 14 N–H and O–H groups in total. The number of primary amides is 1. The van der Waals surface area contributed by atoms with E-state index >= 15 is 0 Å². The third-order valence-electron chi connectivity index (χ3n) is 4.97. The van der Waals surface area contributed by atoms with Gasteiger partial charge in [0.05, 0.1) is 6.10 Å². The molecule has 0 rings (SSSR count). The van der Waals surface area contributed by atoms with Crippen molar-refractivity contribution in [3.63, 3.8) is 0 Å². The standard InChI is InChI=1S/C20H36N8O9/c1-9(29)15(22)18(35)27-10(4-6-13(21)30)16(33)26-11(5-7-14(31)32)17(34)28-12(19(36)37)3-2-8-25-20(23)24/h9-12,15,29H,2-8,22H2,1H3,(H2,21,30)(H,26,33)(H,27,35)(H,28,34)(H,31,32)(H,36,37)(H4,23,24,25). The average molecular weight is 533 g/mol. The van der Waals surface area contributed by atoms with E-state index in [1.165, 1.54) is 6.92 Å². The molecule has 0 heterocycles. The zero-order chi connectivity index (χ0) is 28.7. The first-order valence-corrected chi connectivity index (χ1v) is 11.3. The summed E-state index contributed by atoms with van der Waals surface area (Å²) in [7, 11) is 0. The summed E-state index contributed by atoms with van der Waals surface area (Å²) in [6, 6.07) is -5.76. The van der Waals surface area contributed by atoms with Crippen molar-refractivity contribution < 1.29 is 44.1 Å². The first kappa shape index (κ1) is 33.0. The third-order valence-corrected chi connectivity index (χ3v) is 4.97. The summed E-state index contributed by atoms with van der Waals surface area (Å²) >= 11 is 0. The minimum Gasteiger partial charge on any atom is -0.481 e. The maximum atomic E-state index is 12.9. The van der Waals surface area contributed by atoms with Gasteiger partial charge in [-0.15, -0.1) is 0 Å². The number of rotatable bonds is 18. The quantitative estimate of drug-likeness (QED) is 0.0453. The third kappa shape index (κ3) is 14.2. The molecule has 37 heavy (non-hydrogen) atoms. The van der Waals surface area contributed by atoms with Crippen molar-refractivity contribution >= 4 is 41.5 Å². The van der Waals surface area contributed by atoms with Crippen LogP contribution in [0.3, 0.4) is 0 Å². The van der Waals surface area contributed by atoms with Crippen molar-refractivity contribution in [2.45, 2.75) is 75.7 Å². The van der Waals surface area contributed by atoms with E-state index < -0.39 is 78.7 Å². The summed E-state index contributed by atoms with van der Waals surface area (Å²) in [5.41, 5.74) is 21.1. The lowest BCUT2D eigenvalue weighted by Crippen LogP contribution is -2.58. The lowest BCUT2D eigenvalue weighted by atomic mass is 10.1. The van der Waals surface area contributed by atoms with Gasteiger partial charge in [-0.25, -0.2) is 4.79 Å². The first-order valence-electron chi connectivity index (χ1n) is 11.3. The van der Waals surface area contributed by atoms with Crippen molar-refractivity contribution in [3.05, 3.63) is 0 Å². The zero-order valence-corrected chi connectivity index (χ0v) is 20.4. The summed E-state index contributed by atoms with van der Waals surface area (Å²) in [5.74, 6) is -6.59. The Labute approximate surface area is 212 Å². The Hall–Kier alpha value is -3.99. The Kier molecular flexibility index (Phi) is 14.8. The Morgan fingerprint density at radius 1 is 0.784 bits per heavy atom. The highest BCUT2D eigenvalue weighted by Crippen LogP contribution is 2.06. The fourth-order valence-electron chi connectivity index (χ4n) is 2.88. The van der Waals surface area contributed by atoms with Crippen molar-refractivity contribution in [3.8, 4) is 0 Å². The van der Waals surface area contributed by atoms with Gasteiger partial charge in [0.15, 0.2) is 5.96 Å². The van der Waals surface area contributed by atoms with E-state index in [9.17, 15) is 39.0 Å². The molecule has 0 aromatic rings. The number of guanidine groups is 1. The minimum absolute atomic E-state index is 0.0774. The van der Waals surface area contributed by atoms with Crippen LogP contribution in [-0.4, -0.2) is 93.7 Å². The largest absolute Gasteiger partial charge is 0.481 e. The predicted octanol–water partition coefficient (Wildman–Crippen LogP) is -4.58. The van der Waals surface area contributed by atoms with Crippen molar-refractivity contribution in [2.24, 2.45) is 27.9 Å². The smallest absolute Gasteiger partial charge is 0.326 e. The number of amides is 4. The molecule has 0 aliphatic carbocycles. The zero-order valence-electron chi connectivity index (χ0n) is 20.4. The Balaban J connectivity index is 5.61. The van der Waals surface area contributed by atoms with Crippen LogP contribution in [-0.2, 0) is 28.8 Å². The molecule has 17 nitrogen and oxygen atoms in total. The molecule has 0 bridgehead atoms. The van der Waals surface area contributed by atoms with Gasteiger partial charge in [0.25, 0.3) is 0 Å². The molecule has 4 amide bonds. The Bertz CT molecular complexity index is 861. The van der Waals surface area contributed by atoms with Gasteiger partial charge in [-0.2, -0.15) is 0 Å². The van der Waals surface area contributed by atoms with Crippen LogP contribution in [0.1, 0.15) is 45.4 Å². The molecule has 0 aromatic carbocycles. The summed E-state index contributed by atoms with van der Waals surface area (Å²) < 4.78 is 0. The maximum absolute atomic E-state index is 12.9. The fraction of sp³-hybridized carbons (Fsp3) is 0.650. The number of carboxylic acids is 2. The first-order chi connectivity index (χ1) is 17.1. The lowest BCUT2D eigenvalue weighted by molar-refractivity contribution is -0.143. The number of nitrogens with one attached hydrogen (secondary N) is 3. The number of aliphatic hydroxyl groups is 1. The number of carbonyl (C=O) groups excluding carboxylic acids is 4. The number of carbonyl (C=O) groups is 6. The van der Waals surface area contributed by atoms with Crippen LogP contribution in [0.15, 0.2) is 4.99 Å². The molecule has 0 aromatic heterocycles. The van der Waals surface area contributed by atoms with E-state index in [2.05, 4.69) is 20.9 Å². The van der Waals surface area contributed by atoms with E-state index in [1.54, 1.807) is 0 Å². The van der Waals surface area contributed by atoms with Gasteiger partial charge >= 0.3 is 11.9 Å². The van der Waals surface area contributed by atoms with Gasteiger partial charge in [0, 0.05) is 19.4 Å². The van der Waals surface area contributed by atoms with E-state index in [0.717, 1.165) is 0 Å². The van der Waals surface area contributed by atoms with Gasteiger partial charge in [0.2, 0.25) is 23.6 Å². The summed E-state index contributed by atoms with van der Waals surface area (Å²) in [5, 5.41) is 34.7. The topological polar surface area (TPSA) is 316 Å². The highest BCUT2D eigenvalue weighted by molar-refractivity contribution is 5.94. The molecular formula is C20H36N8O9. The van der Waals surface area contributed by atoms with Gasteiger partial charge in [-0.05, 0) is 32.6 Å². The summed E-state index contributed by atoms with van der Waals surface area (Å²) in [6.07, 6.45) is -2.78. The van der Waals surface area contributed by atoms with Crippen molar-refractivity contribution in [1.29, 1.82) is 0 Å². The number of aliphatic imine (C=N–C) groups is 1. The second kappa shape index (κ2) is 16.6. The highest BCUT2D eigenvalue weighted by Gasteiger charge is 2.31. The number of aliphatic carboxylic acids is 2. The predicted molar refractivity (Wildman–Crippen MR) is 128 cm³/mol. The average Bonchev–Trinajstić information content (AvgIpc) is 2.79. The molecule has 0 saturated carbocycles. The molecule has 17 heteroatoms. The molecule has 0 spiro atoms. The second-order valence-electron chi connectivity index (χ2n) is 8.17. The monoisotopic (exact) mass is 532 g/mol. The van der Waals surface area contributed by atoms with Crippen LogP contribution >= 0.6 is 0 Å². The van der Waals surface area contributed by atoms with Crippen LogP contribution in [0.2, 0.25) is 0 Å². The maximum Gasteiger partial charge on any atom is 0.326 e. The van der Waals surface area contributed by atoms with Gasteiger partial charge in [0.1, 0.15) is 24.2 Å². The molecule has 0 fully saturated rings. The molecule has 0 radical (unpaired) electrons. The molecule has 5 atom stereocenters. The summed E-state index contributed by atoms with van der Waals surface area (Å²) in [6.45, 7) is 1.34. The molecule has 0 aliphatic rings. The van der Waals surface area contributed by atoms with Crippen LogP contribution in [0, 0.1) is 0 Å². The minimum atomic E-state index is -1.51. The van der Waals surface area contributed by atoms with Crippen LogP contribution < -0.4 is 38.9 Å². The van der Waals surface area contributed by atoms with Gasteiger partial charge in [-0.3, -0.25) is 29.0 Å². The number of nitrogens with zero attached hydrogens (tertiary/aromatic N) is 1. The lowest BCUT2D eigenvalue weighted by Gasteiger charge is -2.25. The fourth-order valence-corrected chi connectivity index (χ4v) is 2.88. The van der Waals surface area contributed by atoms with Crippen molar-refractivity contribution in [2.75, 3.05) is 6.54 Å². The van der Waals surface area contributed by atoms with E-state index in [1.807, 2.05) is 0 Å². The van der Waals surface area contributed by atoms with Gasteiger partial charge in [-0.1, -0.05) is 0 Å². The molecule has 210 valence electrons. The second-order valence-corrected chi connectivity index (χ2v) is 8.17. The molecule has 5 unspecified atom stereocenters. The number of aliphatic hydroxyl groups excluding tert-OH is 1. The normalized spacial score (nSPS) is 14.7. The summed E-state index contributed by atoms with van der Waals surface area (Å²) in [4.78, 5) is 75.4. The SMILES string of the molecule is CC(O)C(N)C(=O)NC(CCC(N)=O)C(=O)NC(CCC(=O)O)C(=O)NC(CCCN=C(N)N)C(=O)O. The van der Waals surface area contributed by atoms with E-state index in [4.69, 9.17) is 28.0 Å². The number of hydrogen-bond acceptors (Lipinski definition) is 9. The van der Waals surface area contributed by atoms with Crippen LogP contribution in [0.25, 0.3) is 0 Å². The van der Waals surface area contributed by atoms with Crippen LogP contribution in [0.5, 0.6) is 0 Å². The van der Waals surface area contributed by atoms with Gasteiger partial charge < -0.3 is 54.2 Å². The highest BCUT2D eigenvalue weighted by atomic mass is 16.4. The molecular weight excluding hydrogens is 496 g/mol. The molecule has 0 saturated heterocycles. The Morgan fingerprint density at radius 2 is 1.27 bits per heavy atom. The van der Waals surface area contributed by atoms with Crippen LogP contribution in [0.4, 0.5) is 0 Å². The van der Waals surface area contributed by atoms with E-state index in [-0.39, 0.29) is 38.2 Å². The Morgan fingerprint density at radius 3 is 1.70 bits per heavy atom. The van der Waals surface area contributed by atoms with E-state index in [0.29, 0.717) is 0 Å².